The quantitative estimate of drug-likeness (QED) is 0.118. The molecule has 4 nitrogen and oxygen atoms in total. The molecule has 0 fully saturated rings. The molecular weight excluding hydrogens is 935 g/mol. The summed E-state index contributed by atoms with van der Waals surface area (Å²) in [6.07, 6.45) is 1.79. The number of benzene rings is 6. The fourth-order valence-electron chi connectivity index (χ4n) is 7.48. The minimum atomic E-state index is -2.04. The number of furan rings is 1. The maximum Gasteiger partial charge on any atom is 0.0160 e. The van der Waals surface area contributed by atoms with Gasteiger partial charge in [-0.15, -0.1) is 35.9 Å². The van der Waals surface area contributed by atoms with Gasteiger partial charge in [-0.2, -0.15) is 0 Å². The van der Waals surface area contributed by atoms with Gasteiger partial charge in [0.15, 0.2) is 0 Å². The first-order valence-electron chi connectivity index (χ1n) is 19.6. The van der Waals surface area contributed by atoms with Crippen molar-refractivity contribution >= 4 is 50.6 Å². The normalized spacial score (nSPS) is 11.6. The van der Waals surface area contributed by atoms with Crippen molar-refractivity contribution in [1.82, 2.24) is 14.5 Å². The molecule has 0 N–H and O–H groups in total. The van der Waals surface area contributed by atoms with Crippen LogP contribution in [0.5, 0.6) is 0 Å². The van der Waals surface area contributed by atoms with Crippen LogP contribution in [0, 0.1) is 12.1 Å². The molecule has 0 amide bonds. The Balaban J connectivity index is 0.000000326. The number of hydrogen-bond acceptors (Lipinski definition) is 3. The minimum absolute atomic E-state index is 0. The molecule has 0 unspecified atom stereocenters. The monoisotopic (exact) mass is 984 g/mol. The average Bonchev–Trinajstić information content (AvgIpc) is 3.79. The molecule has 3 heterocycles. The van der Waals surface area contributed by atoms with Crippen molar-refractivity contribution in [2.24, 2.45) is 0 Å². The Morgan fingerprint density at radius 1 is 0.649 bits per heavy atom. The summed E-state index contributed by atoms with van der Waals surface area (Å²) in [6, 6.07) is 55.3. The minimum Gasteiger partial charge on any atom is -0.305 e. The van der Waals surface area contributed by atoms with E-state index in [0.29, 0.717) is 11.8 Å². The van der Waals surface area contributed by atoms with Gasteiger partial charge in [-0.25, -0.2) is 0 Å². The predicted octanol–water partition coefficient (Wildman–Crippen LogP) is 13.4. The number of nitrogens with zero attached hydrogens (tertiary/aromatic N) is 3. The summed E-state index contributed by atoms with van der Waals surface area (Å²) in [4.78, 5) is 9.52. The molecule has 0 bridgehead atoms. The Morgan fingerprint density at radius 2 is 1.35 bits per heavy atom. The first-order valence-corrected chi connectivity index (χ1v) is 26.9. The van der Waals surface area contributed by atoms with E-state index < -0.39 is 13.3 Å². The first kappa shape index (κ1) is 40.1. The van der Waals surface area contributed by atoms with E-state index in [9.17, 15) is 0 Å². The largest absolute Gasteiger partial charge is 0.305 e. The molecule has 9 rings (SSSR count). The van der Waals surface area contributed by atoms with Crippen LogP contribution in [0.2, 0.25) is 17.3 Å². The van der Waals surface area contributed by atoms with E-state index in [0.717, 1.165) is 55.6 Å². The predicted molar refractivity (Wildman–Crippen MR) is 238 cm³/mol. The van der Waals surface area contributed by atoms with Crippen molar-refractivity contribution in [3.63, 3.8) is 0 Å². The van der Waals surface area contributed by atoms with Gasteiger partial charge in [0.2, 0.25) is 0 Å². The van der Waals surface area contributed by atoms with Crippen LogP contribution in [0.1, 0.15) is 50.7 Å². The van der Waals surface area contributed by atoms with Crippen molar-refractivity contribution < 1.29 is 24.5 Å². The molecule has 0 atom stereocenters. The Bertz CT molecular complexity index is 2720. The third-order valence-electron chi connectivity index (χ3n) is 10.5. The van der Waals surface area contributed by atoms with Gasteiger partial charge in [-0.1, -0.05) is 42.5 Å². The molecule has 1 radical (unpaired) electrons. The van der Waals surface area contributed by atoms with Crippen LogP contribution in [0.25, 0.3) is 72.4 Å². The van der Waals surface area contributed by atoms with Gasteiger partial charge in [-0.3, -0.25) is 0 Å². The Labute approximate surface area is 352 Å². The molecule has 6 aromatic carbocycles. The number of pyridine rings is 1. The summed E-state index contributed by atoms with van der Waals surface area (Å²) in [5.41, 5.74) is 13.0. The summed E-state index contributed by atoms with van der Waals surface area (Å²) in [5, 5.41) is 2.25. The van der Waals surface area contributed by atoms with E-state index in [4.69, 9.17) is 9.40 Å². The number of fused-ring (bicyclic) bond motifs is 4. The van der Waals surface area contributed by atoms with Crippen molar-refractivity contribution in [2.75, 3.05) is 0 Å². The van der Waals surface area contributed by atoms with Crippen LogP contribution in [0.4, 0.5) is 0 Å². The zero-order valence-corrected chi connectivity index (χ0v) is 38.1. The summed E-state index contributed by atoms with van der Waals surface area (Å²) < 4.78 is 10.6. The van der Waals surface area contributed by atoms with Crippen molar-refractivity contribution in [1.29, 1.82) is 0 Å². The second-order valence-corrected chi connectivity index (χ2v) is 26.7. The summed E-state index contributed by atoms with van der Waals surface area (Å²) in [7, 11) is 0. The molecular formula is C51H47GeIrN3O-2. The van der Waals surface area contributed by atoms with Crippen LogP contribution in [0.3, 0.4) is 0 Å². The summed E-state index contributed by atoms with van der Waals surface area (Å²) in [6.45, 7) is 9.17. The van der Waals surface area contributed by atoms with Gasteiger partial charge >= 0.3 is 228 Å². The first-order chi connectivity index (χ1) is 27.1. The SMILES string of the molecule is CC(C)c1cc(-c2ccccc2)cc(C(C)C)c1-n1c(-c2[c-]ccc3c2oc2c[c]([Ge]([CH3])([CH3])[CH3])ccc23)nc2ccccc21.[Ir].[c-]1ccccc1-c1ccccn1. The Hall–Kier alpha value is -5.07. The summed E-state index contributed by atoms with van der Waals surface area (Å²) in [5.74, 6) is 8.73. The van der Waals surface area contributed by atoms with Gasteiger partial charge in [-0.05, 0) is 17.3 Å². The van der Waals surface area contributed by atoms with Crippen LogP contribution in [0.15, 0.2) is 150 Å². The average molecular weight is 983 g/mol. The molecule has 0 saturated carbocycles. The maximum absolute atomic E-state index is 6.74. The number of hydrogen-bond donors (Lipinski definition) is 0. The van der Waals surface area contributed by atoms with Gasteiger partial charge < -0.3 is 4.98 Å². The zero-order valence-electron chi connectivity index (χ0n) is 33.6. The smallest absolute Gasteiger partial charge is 0.0160 e. The number of imidazole rings is 1. The molecule has 0 aliphatic heterocycles. The maximum atomic E-state index is 6.74. The van der Waals surface area contributed by atoms with Crippen molar-refractivity contribution in [3.8, 4) is 39.5 Å². The van der Waals surface area contributed by atoms with Crippen LogP contribution >= 0.6 is 0 Å². The topological polar surface area (TPSA) is 43.9 Å². The summed E-state index contributed by atoms with van der Waals surface area (Å²) >= 11 is -2.04. The van der Waals surface area contributed by atoms with E-state index in [1.54, 1.807) is 6.20 Å². The van der Waals surface area contributed by atoms with Gasteiger partial charge in [0.05, 0.1) is 0 Å². The van der Waals surface area contributed by atoms with E-state index >= 15 is 0 Å². The second-order valence-electron chi connectivity index (χ2n) is 16.1. The van der Waals surface area contributed by atoms with Gasteiger partial charge in [0.1, 0.15) is 0 Å². The molecule has 3 aromatic heterocycles. The van der Waals surface area contributed by atoms with Crippen molar-refractivity contribution in [3.05, 3.63) is 169 Å². The molecule has 57 heavy (non-hydrogen) atoms. The molecule has 0 saturated heterocycles. The second kappa shape index (κ2) is 16.8. The van der Waals surface area contributed by atoms with Crippen LogP contribution < -0.4 is 4.40 Å². The van der Waals surface area contributed by atoms with Gasteiger partial charge in [0.25, 0.3) is 0 Å². The van der Waals surface area contributed by atoms with E-state index in [1.807, 2.05) is 48.5 Å². The third kappa shape index (κ3) is 8.07. The van der Waals surface area contributed by atoms with Crippen LogP contribution in [-0.4, -0.2) is 27.8 Å². The Kier molecular flexibility index (Phi) is 11.8. The zero-order chi connectivity index (χ0) is 39.0. The van der Waals surface area contributed by atoms with E-state index in [2.05, 4.69) is 158 Å². The van der Waals surface area contributed by atoms with E-state index in [1.165, 1.54) is 32.3 Å². The molecule has 0 aliphatic rings. The Morgan fingerprint density at radius 3 is 2.02 bits per heavy atom. The third-order valence-corrected chi connectivity index (χ3v) is 14.8. The molecule has 6 heteroatoms. The fourth-order valence-corrected chi connectivity index (χ4v) is 9.89. The van der Waals surface area contributed by atoms with Crippen LogP contribution in [-0.2, 0) is 20.1 Å². The number of rotatable bonds is 7. The van der Waals surface area contributed by atoms with Crippen molar-refractivity contribution in [2.45, 2.75) is 56.8 Å². The van der Waals surface area contributed by atoms with E-state index in [-0.39, 0.29) is 20.1 Å². The van der Waals surface area contributed by atoms with Gasteiger partial charge in [0, 0.05) is 26.3 Å². The standard InChI is InChI=1S/C40H39GeN2O.C11H8N.Ir/c1-25(2)33-22-28(27-14-9-8-10-15-27)23-34(26(3)4)38(33)43-36-19-12-11-18-35(36)42-40(43)32-17-13-16-31-30-21-20-29(41(5,6)7)24-37(30)44-39(31)32;1-2-6-10(7-3-1)11-8-4-5-9-12-11;/h8-16,18-26H,1-7H3;1-6,8-9H;/q2*-1;. The molecule has 0 spiro atoms. The number of para-hydroxylation sites is 2. The molecule has 287 valence electrons. The number of aromatic nitrogens is 3. The fraction of sp³-hybridized carbons (Fsp3) is 0.176. The molecule has 0 aliphatic carbocycles. The molecule has 9 aromatic rings.